The number of aliphatic hydroxyl groups excluding tert-OH is 2. The second-order valence-corrected chi connectivity index (χ2v) is 6.46. The van der Waals surface area contributed by atoms with Crippen molar-refractivity contribution in [3.8, 4) is 0 Å². The van der Waals surface area contributed by atoms with Gasteiger partial charge in [-0.3, -0.25) is 4.79 Å². The van der Waals surface area contributed by atoms with E-state index < -0.39 is 18.2 Å². The predicted octanol–water partition coefficient (Wildman–Crippen LogP) is 0.966. The van der Waals surface area contributed by atoms with Crippen LogP contribution in [0.4, 0.5) is 5.13 Å². The molecule has 9 heteroatoms. The van der Waals surface area contributed by atoms with E-state index in [0.29, 0.717) is 5.75 Å². The number of carbonyl (C=O) groups is 2. The summed E-state index contributed by atoms with van der Waals surface area (Å²) in [5.41, 5.74) is 5.47. The van der Waals surface area contributed by atoms with Crippen LogP contribution in [0.1, 0.15) is 41.7 Å². The van der Waals surface area contributed by atoms with Gasteiger partial charge in [-0.1, -0.05) is 23.1 Å². The summed E-state index contributed by atoms with van der Waals surface area (Å²) in [7, 11) is 0. The monoisotopic (exact) mass is 334 g/mol. The summed E-state index contributed by atoms with van der Waals surface area (Å²) in [6, 6.07) is 0. The highest BCUT2D eigenvalue weighted by atomic mass is 32.2. The van der Waals surface area contributed by atoms with Gasteiger partial charge in [-0.2, -0.15) is 0 Å². The zero-order chi connectivity index (χ0) is 16.0. The van der Waals surface area contributed by atoms with E-state index in [1.165, 1.54) is 6.92 Å². The maximum absolute atomic E-state index is 11.7. The molecule has 0 amide bonds. The molecule has 0 radical (unpaired) electrons. The Labute approximate surface area is 130 Å². The van der Waals surface area contributed by atoms with E-state index in [2.05, 4.69) is 4.98 Å². The number of thioether (sulfide) groups is 1. The Balaban J connectivity index is 2.78. The lowest BCUT2D eigenvalue weighted by atomic mass is 10.1. The third-order valence-corrected chi connectivity index (χ3v) is 4.29. The molecule has 21 heavy (non-hydrogen) atoms. The molecule has 0 saturated carbocycles. The number of aliphatic hydroxyl groups is 2. The lowest BCUT2D eigenvalue weighted by Gasteiger charge is -2.16. The van der Waals surface area contributed by atoms with Crippen molar-refractivity contribution in [3.05, 3.63) is 10.6 Å². The Morgan fingerprint density at radius 2 is 2.14 bits per heavy atom. The lowest BCUT2D eigenvalue weighted by molar-refractivity contribution is -0.109. The summed E-state index contributed by atoms with van der Waals surface area (Å²) in [5, 5.41) is 20.1. The number of thiazole rings is 1. The van der Waals surface area contributed by atoms with Crippen LogP contribution in [-0.4, -0.2) is 44.7 Å². The first kappa shape index (κ1) is 17.9. The summed E-state index contributed by atoms with van der Waals surface area (Å²) >= 11 is 1.98. The zero-order valence-corrected chi connectivity index (χ0v) is 13.4. The fourth-order valence-electron chi connectivity index (χ4n) is 1.55. The largest absolute Gasteiger partial charge is 0.461 e. The van der Waals surface area contributed by atoms with Crippen molar-refractivity contribution < 1.29 is 24.5 Å². The molecule has 0 saturated heterocycles. The molecule has 0 bridgehead atoms. The van der Waals surface area contributed by atoms with E-state index in [0.717, 1.165) is 23.1 Å². The fraction of sp³-hybridized carbons (Fsp3) is 0.583. The fourth-order valence-corrected chi connectivity index (χ4v) is 3.06. The highest BCUT2D eigenvalue weighted by molar-refractivity contribution is 8.13. The zero-order valence-electron chi connectivity index (χ0n) is 11.7. The number of esters is 1. The number of rotatable bonds is 7. The molecule has 0 aliphatic heterocycles. The summed E-state index contributed by atoms with van der Waals surface area (Å²) in [6.07, 6.45) is -2.22. The summed E-state index contributed by atoms with van der Waals surface area (Å²) in [6.45, 7) is 3.25. The van der Waals surface area contributed by atoms with Gasteiger partial charge >= 0.3 is 5.97 Å². The van der Waals surface area contributed by atoms with Crippen molar-refractivity contribution in [2.24, 2.45) is 0 Å². The van der Waals surface area contributed by atoms with E-state index in [1.54, 1.807) is 6.92 Å². The maximum Gasteiger partial charge on any atom is 0.358 e. The van der Waals surface area contributed by atoms with Gasteiger partial charge in [0.25, 0.3) is 0 Å². The Kier molecular flexibility index (Phi) is 7.09. The second-order valence-electron chi connectivity index (χ2n) is 4.13. The highest BCUT2D eigenvalue weighted by Crippen LogP contribution is 2.31. The topological polar surface area (TPSA) is 123 Å². The standard InChI is InChI=1S/C12H18N2O5S2/c1-3-19-11(18)8-10(21-12(13)14-8)9(17)7(16)4-5-20-6(2)15/h7,9,16-17H,3-5H2,1-2H3,(H2,13,14). The van der Waals surface area contributed by atoms with Crippen LogP contribution in [0.25, 0.3) is 0 Å². The Bertz CT molecular complexity index is 506. The lowest BCUT2D eigenvalue weighted by Crippen LogP contribution is -2.21. The summed E-state index contributed by atoms with van der Waals surface area (Å²) in [4.78, 5) is 26.6. The van der Waals surface area contributed by atoms with Gasteiger partial charge in [0.1, 0.15) is 6.10 Å². The Morgan fingerprint density at radius 1 is 1.48 bits per heavy atom. The number of carbonyl (C=O) groups excluding carboxylic acids is 2. The van der Waals surface area contributed by atoms with Gasteiger partial charge in [0.15, 0.2) is 15.9 Å². The average molecular weight is 334 g/mol. The molecule has 0 aromatic carbocycles. The van der Waals surface area contributed by atoms with Gasteiger partial charge < -0.3 is 20.7 Å². The van der Waals surface area contributed by atoms with E-state index in [4.69, 9.17) is 10.5 Å². The van der Waals surface area contributed by atoms with Gasteiger partial charge in [-0.05, 0) is 13.3 Å². The molecule has 118 valence electrons. The van der Waals surface area contributed by atoms with Crippen LogP contribution in [0.5, 0.6) is 0 Å². The molecule has 1 aromatic rings. The van der Waals surface area contributed by atoms with Crippen LogP contribution in [0.2, 0.25) is 0 Å². The molecule has 0 fully saturated rings. The number of hydrogen-bond acceptors (Lipinski definition) is 9. The normalized spacial score (nSPS) is 13.7. The molecular weight excluding hydrogens is 316 g/mol. The van der Waals surface area contributed by atoms with Crippen molar-refractivity contribution in [2.75, 3.05) is 18.1 Å². The van der Waals surface area contributed by atoms with Crippen LogP contribution in [-0.2, 0) is 9.53 Å². The number of anilines is 1. The van der Waals surface area contributed by atoms with Gasteiger partial charge in [0.05, 0.1) is 17.6 Å². The minimum Gasteiger partial charge on any atom is -0.461 e. The molecule has 1 heterocycles. The molecule has 0 spiro atoms. The van der Waals surface area contributed by atoms with Gasteiger partial charge in [-0.15, -0.1) is 0 Å². The van der Waals surface area contributed by atoms with Crippen LogP contribution in [0.15, 0.2) is 0 Å². The molecule has 4 N–H and O–H groups in total. The number of nitrogen functional groups attached to an aromatic ring is 1. The molecule has 7 nitrogen and oxygen atoms in total. The first-order valence-electron chi connectivity index (χ1n) is 6.29. The Hall–Kier alpha value is -1.16. The second kappa shape index (κ2) is 8.32. The minimum atomic E-state index is -1.30. The summed E-state index contributed by atoms with van der Waals surface area (Å²) in [5.74, 6) is -0.318. The average Bonchev–Trinajstić information content (AvgIpc) is 2.79. The van der Waals surface area contributed by atoms with Crippen molar-refractivity contribution in [1.82, 2.24) is 4.98 Å². The van der Waals surface area contributed by atoms with Crippen LogP contribution in [0, 0.1) is 0 Å². The molecule has 1 rings (SSSR count). The van der Waals surface area contributed by atoms with E-state index in [9.17, 15) is 19.8 Å². The Morgan fingerprint density at radius 3 is 2.71 bits per heavy atom. The quantitative estimate of drug-likeness (QED) is 0.630. The van der Waals surface area contributed by atoms with E-state index >= 15 is 0 Å². The van der Waals surface area contributed by atoms with E-state index in [1.807, 2.05) is 0 Å². The third kappa shape index (κ3) is 5.27. The van der Waals surface area contributed by atoms with Crippen LogP contribution in [0.3, 0.4) is 0 Å². The van der Waals surface area contributed by atoms with Crippen molar-refractivity contribution in [1.29, 1.82) is 0 Å². The molecule has 2 atom stereocenters. The third-order valence-electron chi connectivity index (χ3n) is 2.49. The SMILES string of the molecule is CCOC(=O)c1nc(N)sc1C(O)C(O)CCSC(C)=O. The van der Waals surface area contributed by atoms with Crippen molar-refractivity contribution in [2.45, 2.75) is 32.5 Å². The molecule has 1 aromatic heterocycles. The minimum absolute atomic E-state index is 0.0639. The number of nitrogens with zero attached hydrogens (tertiary/aromatic N) is 1. The molecular formula is C12H18N2O5S2. The first-order valence-corrected chi connectivity index (χ1v) is 8.09. The maximum atomic E-state index is 11.7. The number of ether oxygens (including phenoxy) is 1. The van der Waals surface area contributed by atoms with Gasteiger partial charge in [0.2, 0.25) is 0 Å². The molecule has 2 unspecified atom stereocenters. The summed E-state index contributed by atoms with van der Waals surface area (Å²) < 4.78 is 4.83. The van der Waals surface area contributed by atoms with E-state index in [-0.39, 0.29) is 33.8 Å². The predicted molar refractivity (Wildman–Crippen MR) is 81.2 cm³/mol. The molecule has 0 aliphatic carbocycles. The van der Waals surface area contributed by atoms with Crippen LogP contribution >= 0.6 is 23.1 Å². The van der Waals surface area contributed by atoms with Crippen molar-refractivity contribution >= 4 is 39.3 Å². The van der Waals surface area contributed by atoms with Crippen molar-refractivity contribution in [3.63, 3.8) is 0 Å². The van der Waals surface area contributed by atoms with Gasteiger partial charge in [-0.25, -0.2) is 9.78 Å². The smallest absolute Gasteiger partial charge is 0.358 e. The number of aromatic nitrogens is 1. The highest BCUT2D eigenvalue weighted by Gasteiger charge is 2.28. The number of nitrogens with two attached hydrogens (primary N) is 1. The number of hydrogen-bond donors (Lipinski definition) is 3. The van der Waals surface area contributed by atoms with Gasteiger partial charge in [0, 0.05) is 12.7 Å². The first-order chi connectivity index (χ1) is 9.86. The molecule has 0 aliphatic rings. The van der Waals surface area contributed by atoms with Crippen LogP contribution < -0.4 is 5.73 Å².